The van der Waals surface area contributed by atoms with Crippen molar-refractivity contribution in [2.24, 2.45) is 21.7 Å². The van der Waals surface area contributed by atoms with Crippen LogP contribution in [0.25, 0.3) is 5.69 Å². The van der Waals surface area contributed by atoms with Crippen molar-refractivity contribution in [3.05, 3.63) is 65.7 Å². The molecule has 1 aromatic carbocycles. The van der Waals surface area contributed by atoms with Crippen molar-refractivity contribution in [2.45, 2.75) is 105 Å². The SMILES string of the molecule is Cc1cc(OCc2cnc(SC3(C)C(C)(C)C(C)(C)C(C)(C)C3(C)C)n2-c2cccnc2)ccc1C#CCOC(=O)NC1CCN(C)CC1. The number of rotatable bonds is 8. The number of nitrogens with zero attached hydrogens (tertiary/aromatic N) is 4. The molecule has 1 amide bonds. The van der Waals surface area contributed by atoms with E-state index in [1.165, 1.54) is 0 Å². The number of amides is 1. The summed E-state index contributed by atoms with van der Waals surface area (Å²) in [6.45, 7) is 26.2. The molecule has 2 fully saturated rings. The van der Waals surface area contributed by atoms with Gasteiger partial charge in [-0.1, -0.05) is 79.0 Å². The number of thioether (sulfide) groups is 1. The fourth-order valence-corrected chi connectivity index (χ4v) is 9.70. The second-order valence-electron chi connectivity index (χ2n) is 16.1. The molecule has 2 aromatic heterocycles. The van der Waals surface area contributed by atoms with Gasteiger partial charge < -0.3 is 19.7 Å². The van der Waals surface area contributed by atoms with Gasteiger partial charge in [-0.15, -0.1) is 0 Å². The summed E-state index contributed by atoms with van der Waals surface area (Å²) in [5.74, 6) is 6.86. The first-order valence-electron chi connectivity index (χ1n) is 17.4. The van der Waals surface area contributed by atoms with E-state index in [0.29, 0.717) is 6.61 Å². The third-order valence-electron chi connectivity index (χ3n) is 13.2. The van der Waals surface area contributed by atoms with E-state index in [9.17, 15) is 4.79 Å². The van der Waals surface area contributed by atoms with Gasteiger partial charge in [-0.05, 0) is 104 Å². The molecule has 264 valence electrons. The molecule has 3 heterocycles. The Kier molecular flexibility index (Phi) is 10.3. The minimum Gasteiger partial charge on any atom is -0.487 e. The number of imidazole rings is 1. The van der Waals surface area contributed by atoms with Crippen LogP contribution >= 0.6 is 11.8 Å². The minimum absolute atomic E-state index is 0.00672. The Balaban J connectivity index is 1.29. The van der Waals surface area contributed by atoms with Gasteiger partial charge in [0.25, 0.3) is 0 Å². The van der Waals surface area contributed by atoms with Crippen LogP contribution in [0.15, 0.2) is 54.1 Å². The van der Waals surface area contributed by atoms with Crippen molar-refractivity contribution in [2.75, 3.05) is 26.7 Å². The first kappa shape index (κ1) is 36.8. The van der Waals surface area contributed by atoms with Crippen molar-refractivity contribution in [3.63, 3.8) is 0 Å². The quantitative estimate of drug-likeness (QED) is 0.239. The second kappa shape index (κ2) is 13.7. The van der Waals surface area contributed by atoms with Crippen LogP contribution in [0.3, 0.4) is 0 Å². The molecular weight excluding hydrogens is 631 g/mol. The van der Waals surface area contributed by atoms with E-state index in [2.05, 4.69) is 107 Å². The lowest BCUT2D eigenvalue weighted by molar-refractivity contribution is 0.0135. The lowest BCUT2D eigenvalue weighted by Gasteiger charge is -2.49. The van der Waals surface area contributed by atoms with E-state index in [1.54, 1.807) is 6.20 Å². The number of alkyl carbamates (subject to hydrolysis) is 1. The summed E-state index contributed by atoms with van der Waals surface area (Å²) in [4.78, 5) is 23.9. The molecule has 0 atom stereocenters. The van der Waals surface area contributed by atoms with E-state index in [1.807, 2.05) is 55.3 Å². The third kappa shape index (κ3) is 6.59. The van der Waals surface area contributed by atoms with Crippen LogP contribution in [-0.2, 0) is 11.3 Å². The molecule has 1 aliphatic carbocycles. The molecule has 0 bridgehead atoms. The molecule has 0 unspecified atom stereocenters. The molecule has 1 saturated carbocycles. The van der Waals surface area contributed by atoms with Gasteiger partial charge in [0.1, 0.15) is 12.4 Å². The van der Waals surface area contributed by atoms with Crippen LogP contribution in [0.4, 0.5) is 4.79 Å². The highest BCUT2D eigenvalue weighted by Crippen LogP contribution is 2.78. The summed E-state index contributed by atoms with van der Waals surface area (Å²) in [5, 5.41) is 3.89. The Morgan fingerprint density at radius 2 is 1.65 bits per heavy atom. The number of hydrogen-bond donors (Lipinski definition) is 1. The van der Waals surface area contributed by atoms with Crippen molar-refractivity contribution < 1.29 is 14.3 Å². The second-order valence-corrected chi connectivity index (χ2v) is 17.5. The molecule has 2 aliphatic rings. The van der Waals surface area contributed by atoms with Crippen molar-refractivity contribution in [3.8, 4) is 23.3 Å². The predicted octanol–water partition coefficient (Wildman–Crippen LogP) is 8.30. The number of benzene rings is 1. The third-order valence-corrected chi connectivity index (χ3v) is 15.1. The topological polar surface area (TPSA) is 81.5 Å². The van der Waals surface area contributed by atoms with Gasteiger partial charge in [-0.3, -0.25) is 9.55 Å². The maximum absolute atomic E-state index is 12.2. The highest BCUT2D eigenvalue weighted by Gasteiger charge is 2.74. The van der Waals surface area contributed by atoms with Gasteiger partial charge in [0.2, 0.25) is 0 Å². The van der Waals surface area contributed by atoms with Gasteiger partial charge >= 0.3 is 6.09 Å². The van der Waals surface area contributed by atoms with Gasteiger partial charge in [-0.2, -0.15) is 0 Å². The molecule has 1 N–H and O–H groups in total. The molecule has 9 heteroatoms. The van der Waals surface area contributed by atoms with Crippen LogP contribution in [0.2, 0.25) is 0 Å². The average Bonchev–Trinajstić information content (AvgIpc) is 3.47. The molecule has 0 radical (unpaired) electrons. The van der Waals surface area contributed by atoms with E-state index >= 15 is 0 Å². The molecule has 5 rings (SSSR count). The lowest BCUT2D eigenvalue weighted by Crippen LogP contribution is -2.47. The highest BCUT2D eigenvalue weighted by atomic mass is 32.2. The maximum atomic E-state index is 12.2. The summed E-state index contributed by atoms with van der Waals surface area (Å²) in [5.41, 5.74) is 3.90. The summed E-state index contributed by atoms with van der Waals surface area (Å²) in [7, 11) is 2.10. The summed E-state index contributed by atoms with van der Waals surface area (Å²) >= 11 is 1.88. The van der Waals surface area contributed by atoms with Crippen LogP contribution in [0.5, 0.6) is 5.75 Å². The summed E-state index contributed by atoms with van der Waals surface area (Å²) in [6, 6.07) is 10.1. The lowest BCUT2D eigenvalue weighted by atomic mass is 9.57. The highest BCUT2D eigenvalue weighted by molar-refractivity contribution is 8.00. The monoisotopic (exact) mass is 685 g/mol. The summed E-state index contributed by atoms with van der Waals surface area (Å²) < 4.78 is 13.7. The Morgan fingerprint density at radius 1 is 0.980 bits per heavy atom. The van der Waals surface area contributed by atoms with Crippen LogP contribution < -0.4 is 10.1 Å². The normalized spacial score (nSPS) is 20.6. The Morgan fingerprint density at radius 3 is 2.27 bits per heavy atom. The smallest absolute Gasteiger partial charge is 0.408 e. The first-order valence-corrected chi connectivity index (χ1v) is 18.2. The number of likely N-dealkylation sites (tertiary alicyclic amines) is 1. The van der Waals surface area contributed by atoms with Crippen LogP contribution in [0.1, 0.15) is 92.0 Å². The van der Waals surface area contributed by atoms with Gasteiger partial charge in [0.15, 0.2) is 11.8 Å². The average molecular weight is 686 g/mol. The number of hydrogen-bond acceptors (Lipinski definition) is 7. The number of nitrogens with one attached hydrogen (secondary N) is 1. The largest absolute Gasteiger partial charge is 0.487 e. The number of pyridine rings is 1. The fourth-order valence-electron chi connectivity index (χ4n) is 7.90. The van der Waals surface area contributed by atoms with Crippen LogP contribution in [-0.4, -0.2) is 63.1 Å². The molecule has 49 heavy (non-hydrogen) atoms. The molecule has 0 spiro atoms. The Labute approximate surface area is 298 Å². The molecule has 1 saturated heterocycles. The van der Waals surface area contributed by atoms with Gasteiger partial charge in [-0.25, -0.2) is 9.78 Å². The maximum Gasteiger partial charge on any atom is 0.408 e. The fraction of sp³-hybridized carbons (Fsp3) is 0.575. The molecule has 8 nitrogen and oxygen atoms in total. The Bertz CT molecular complexity index is 1680. The zero-order chi connectivity index (χ0) is 35.8. The zero-order valence-corrected chi connectivity index (χ0v) is 32.2. The van der Waals surface area contributed by atoms with Crippen molar-refractivity contribution in [1.29, 1.82) is 0 Å². The number of piperidine rings is 1. The molecule has 1 aliphatic heterocycles. The number of aromatic nitrogens is 3. The van der Waals surface area contributed by atoms with Crippen LogP contribution in [0, 0.1) is 40.4 Å². The molecular formula is C40H55N5O3S. The number of carbonyl (C=O) groups is 1. The van der Waals surface area contributed by atoms with Crippen molar-refractivity contribution in [1.82, 2.24) is 24.8 Å². The number of carbonyl (C=O) groups excluding carboxylic acids is 1. The molecule has 3 aromatic rings. The van der Waals surface area contributed by atoms with E-state index in [4.69, 9.17) is 14.5 Å². The number of aryl methyl sites for hydroxylation is 1. The van der Waals surface area contributed by atoms with E-state index in [0.717, 1.165) is 59.3 Å². The minimum atomic E-state index is -0.408. The predicted molar refractivity (Wildman–Crippen MR) is 198 cm³/mol. The van der Waals surface area contributed by atoms with Gasteiger partial charge in [0, 0.05) is 22.5 Å². The number of ether oxygens (including phenoxy) is 2. The van der Waals surface area contributed by atoms with E-state index in [-0.39, 0.29) is 39.1 Å². The van der Waals surface area contributed by atoms with Gasteiger partial charge in [0.05, 0.1) is 23.8 Å². The standard InChI is InChI=1S/C40H55N5O3S/c1-28-24-33(17-16-29(28)14-13-23-47-35(46)43-30-18-21-44(11)22-19-30)48-27-32-26-42-34(45(32)31-15-12-20-41-25-31)49-40(10)38(6,7)36(2,3)37(4,5)39(40,8)9/h12,15-17,20,24-26,30H,18-19,21-23,27H2,1-11H3,(H,43,46). The van der Waals surface area contributed by atoms with E-state index < -0.39 is 6.09 Å². The summed E-state index contributed by atoms with van der Waals surface area (Å²) in [6.07, 6.45) is 7.07. The van der Waals surface area contributed by atoms with Crippen molar-refractivity contribution >= 4 is 17.9 Å². The first-order chi connectivity index (χ1) is 22.9. The Hall–Kier alpha value is -3.48. The zero-order valence-electron chi connectivity index (χ0n) is 31.4.